The van der Waals surface area contributed by atoms with Gasteiger partial charge in [0, 0.05) is 29.0 Å². The Morgan fingerprint density at radius 3 is 1.07 bits per heavy atom. The molecule has 6 aromatic rings. The number of halogens is 10. The predicted octanol–water partition coefficient (Wildman–Crippen LogP) is 9.51. The molecule has 1 radical (unpaired) electrons. The zero-order valence-corrected chi connectivity index (χ0v) is 32.0. The maximum Gasteiger partial charge on any atom is 0.0893 e. The van der Waals surface area contributed by atoms with Gasteiger partial charge in [0.25, 0.3) is 0 Å². The van der Waals surface area contributed by atoms with Crippen molar-refractivity contribution >= 4 is 41.7 Å². The quantitative estimate of drug-likeness (QED) is 0.0369. The van der Waals surface area contributed by atoms with Crippen LogP contribution in [0.2, 0.25) is 0 Å². The van der Waals surface area contributed by atoms with E-state index < -0.39 is 73.6 Å². The summed E-state index contributed by atoms with van der Waals surface area (Å²) in [6.45, 7) is 3.49. The van der Waals surface area contributed by atoms with Gasteiger partial charge < -0.3 is 4.74 Å². The van der Waals surface area contributed by atoms with E-state index in [1.54, 1.807) is 0 Å². The molecule has 1 nitrogen and oxygen atoms in total. The predicted molar refractivity (Wildman–Crippen MR) is 191 cm³/mol. The summed E-state index contributed by atoms with van der Waals surface area (Å²) >= 11 is 0. The molecule has 0 aliphatic heterocycles. The molecule has 0 saturated carbocycles. The van der Waals surface area contributed by atoms with Crippen molar-refractivity contribution in [2.45, 2.75) is 6.92 Å². The molecule has 0 bridgehead atoms. The fourth-order valence-electron chi connectivity index (χ4n) is 4.76. The minimum atomic E-state index is -2.17. The minimum Gasteiger partial charge on any atom is -0.377 e. The summed E-state index contributed by atoms with van der Waals surface area (Å²) in [7, 11) is -1.86. The Hall–Kier alpha value is -3.95. The van der Waals surface area contributed by atoms with E-state index in [4.69, 9.17) is 4.74 Å². The summed E-state index contributed by atoms with van der Waals surface area (Å²) < 4.78 is 126. The molecule has 0 saturated heterocycles. The van der Waals surface area contributed by atoms with Gasteiger partial charge in [0.15, 0.2) is 0 Å². The fraction of sp³-hybridized carbons (Fsp3) is 0.0750. The molecule has 0 aromatic heterocycles. The molecule has 0 fully saturated rings. The second-order valence-electron chi connectivity index (χ2n) is 10.6. The van der Waals surface area contributed by atoms with Crippen LogP contribution in [0.1, 0.15) is 6.92 Å². The molecule has 6 rings (SSSR count). The largest absolute Gasteiger partial charge is 0.377 e. The molecular weight excluding hydrogens is 945 g/mol. The third-order valence-electron chi connectivity index (χ3n) is 7.14. The van der Waals surface area contributed by atoms with Crippen LogP contribution in [0.5, 0.6) is 0 Å². The van der Waals surface area contributed by atoms with Gasteiger partial charge in [-0.1, -0.05) is 129 Å². The molecule has 287 valence electrons. The number of hydrogen-bond acceptors (Lipinski definition) is 1. The first-order valence-corrected chi connectivity index (χ1v) is 18.4. The molecule has 0 heterocycles. The second kappa shape index (κ2) is 21.8. The van der Waals surface area contributed by atoms with Crippen molar-refractivity contribution in [1.29, 1.82) is 0 Å². The van der Waals surface area contributed by atoms with Crippen LogP contribution in [0.15, 0.2) is 121 Å². The summed E-state index contributed by atoms with van der Waals surface area (Å²) in [6, 6.07) is 46.0. The third-order valence-corrected chi connectivity index (χ3v) is 13.3. The molecule has 0 aliphatic rings. The molecule has 6 aromatic carbocycles. The van der Waals surface area contributed by atoms with E-state index in [0.29, 0.717) is 6.61 Å². The van der Waals surface area contributed by atoms with Crippen LogP contribution in [0.25, 0.3) is 0 Å². The van der Waals surface area contributed by atoms with Crippen molar-refractivity contribution in [3.8, 4) is 0 Å². The van der Waals surface area contributed by atoms with Crippen LogP contribution >= 0.6 is 15.5 Å². The molecule has 0 aliphatic carbocycles. The molecule has 0 atom stereocenters. The second-order valence-corrected chi connectivity index (χ2v) is 15.8. The zero-order valence-electron chi connectivity index (χ0n) is 27.9. The van der Waals surface area contributed by atoms with Crippen molar-refractivity contribution in [1.82, 2.24) is 0 Å². The van der Waals surface area contributed by atoms with Gasteiger partial charge in [-0.25, -0.2) is 26.3 Å². The van der Waals surface area contributed by atoms with Crippen LogP contribution in [0.4, 0.5) is 43.9 Å². The normalized spacial score (nSPS) is 10.5. The van der Waals surface area contributed by atoms with Gasteiger partial charge in [0.2, 0.25) is 0 Å². The molecule has 0 unspecified atom stereocenters. The number of benzene rings is 6. The van der Waals surface area contributed by atoms with E-state index in [2.05, 4.69) is 128 Å². The number of ether oxygens (including phenoxy) is 1. The van der Waals surface area contributed by atoms with Gasteiger partial charge in [0.05, 0.1) is 64.8 Å². The van der Waals surface area contributed by atoms with Crippen LogP contribution in [0.3, 0.4) is 0 Å². The van der Waals surface area contributed by atoms with Crippen molar-refractivity contribution in [2.24, 2.45) is 0 Å². The van der Waals surface area contributed by atoms with Crippen molar-refractivity contribution in [2.75, 3.05) is 13.2 Å². The van der Waals surface area contributed by atoms with E-state index in [1.165, 1.54) is 26.3 Å². The van der Waals surface area contributed by atoms with Crippen LogP contribution in [0, 0.1) is 70.3 Å². The Labute approximate surface area is 323 Å². The van der Waals surface area contributed by atoms with Gasteiger partial charge >= 0.3 is 0 Å². The average Bonchev–Trinajstić information content (AvgIpc) is 3.19. The topological polar surface area (TPSA) is 9.23 Å². The van der Waals surface area contributed by atoms with Crippen LogP contribution in [-0.2, 0) is 27.1 Å². The number of hydrogen-bond donors (Lipinski definition) is 0. The minimum absolute atomic E-state index is 0. The Balaban J connectivity index is 0.000000279. The monoisotopic (exact) mass is 973 g/mol. The average molecular weight is 974 g/mol. The Kier molecular flexibility index (Phi) is 18.0. The molecule has 54 heavy (non-hydrogen) atoms. The third kappa shape index (κ3) is 11.5. The van der Waals surface area contributed by atoms with E-state index >= 15 is 0 Å². The van der Waals surface area contributed by atoms with Crippen molar-refractivity contribution in [3.05, 3.63) is 192 Å². The molecule has 14 heteroatoms. The maximum atomic E-state index is 12.0. The summed E-state index contributed by atoms with van der Waals surface area (Å²) in [5, 5.41) is 7.11. The summed E-state index contributed by atoms with van der Waals surface area (Å²) in [6.07, 6.45) is 0. The van der Waals surface area contributed by atoms with Gasteiger partial charge in [-0.3, -0.25) is 17.6 Å². The summed E-state index contributed by atoms with van der Waals surface area (Å²) in [5.74, 6) is -20.1. The van der Waals surface area contributed by atoms with E-state index in [1.807, 2.05) is 0 Å². The number of rotatable bonds is 8. The van der Waals surface area contributed by atoms with Gasteiger partial charge in [-0.15, -0.1) is 12.1 Å². The van der Waals surface area contributed by atoms with Gasteiger partial charge in [0.1, 0.15) is 0 Å². The standard InChI is InChI=1S/C28H28OP2.2C6F5.Au/c1-2-29-23-28(30(24-15-7-3-8-16-24)25-17-9-4-10-18-25)31(26-19-11-5-12-20-26)27-21-13-6-14-22-27;2*7-2-1-3(8)5(10)6(11)4(2)9;/h3-22,30H,2,23H2,1H3;;;/q;2*-1;. The SMILES string of the molecule is CCOCC(P(c1ccccc1)c1ccccc1)=[PH](c1ccccc1)c1ccccc1.Fc1[c-]c(F)c(F)c(F)c1F.Fc1[c-]c(F)c(F)c(F)c1F.[Au]. The molecule has 0 spiro atoms. The summed E-state index contributed by atoms with van der Waals surface area (Å²) in [4.78, 5) is 0. The summed E-state index contributed by atoms with van der Waals surface area (Å²) in [5.41, 5.74) is 0. The van der Waals surface area contributed by atoms with Crippen LogP contribution < -0.4 is 21.2 Å². The van der Waals surface area contributed by atoms with Gasteiger partial charge in [-0.2, -0.15) is 0 Å². The molecule has 0 N–H and O–H groups in total. The van der Waals surface area contributed by atoms with Gasteiger partial charge in [-0.05, 0) is 41.1 Å². The Morgan fingerprint density at radius 2 is 0.778 bits per heavy atom. The molecule has 0 amide bonds. The molecular formula is C40H28AuF10OP2-2. The first-order valence-electron chi connectivity index (χ1n) is 15.6. The smallest absolute Gasteiger partial charge is 0.0893 e. The van der Waals surface area contributed by atoms with Crippen LogP contribution in [-0.4, -0.2) is 18.2 Å². The Morgan fingerprint density at radius 1 is 0.481 bits per heavy atom. The van der Waals surface area contributed by atoms with Crippen molar-refractivity contribution < 1.29 is 71.0 Å². The Bertz CT molecular complexity index is 1930. The van der Waals surface area contributed by atoms with E-state index in [9.17, 15) is 43.9 Å². The fourth-order valence-corrected chi connectivity index (χ4v) is 11.6. The first kappa shape index (κ1) is 44.4. The first-order chi connectivity index (χ1) is 25.5. The van der Waals surface area contributed by atoms with E-state index in [0.717, 1.165) is 18.7 Å². The van der Waals surface area contributed by atoms with Crippen molar-refractivity contribution in [3.63, 3.8) is 0 Å². The van der Waals surface area contributed by atoms with E-state index in [-0.39, 0.29) is 22.4 Å². The maximum absolute atomic E-state index is 12.0. The zero-order chi connectivity index (χ0) is 38.5.